The van der Waals surface area contributed by atoms with E-state index in [0.29, 0.717) is 13.0 Å². The molecule has 1 saturated heterocycles. The number of carbonyl (C=O) groups excluding carboxylic acids is 2. The van der Waals surface area contributed by atoms with Crippen LogP contribution in [-0.2, 0) is 11.2 Å². The molecule has 0 radical (unpaired) electrons. The molecule has 1 heterocycles. The zero-order chi connectivity index (χ0) is 17.4. The molecule has 0 aliphatic carbocycles. The molecule has 1 atom stereocenters. The van der Waals surface area contributed by atoms with Crippen LogP contribution >= 0.6 is 0 Å². The lowest BCUT2D eigenvalue weighted by molar-refractivity contribution is -0.134. The molecule has 1 aliphatic rings. The number of hydrogen-bond acceptors (Lipinski definition) is 2. The molecule has 0 saturated carbocycles. The molecule has 0 unspecified atom stereocenters. The van der Waals surface area contributed by atoms with E-state index in [4.69, 9.17) is 5.73 Å². The van der Waals surface area contributed by atoms with Crippen molar-refractivity contribution >= 4 is 11.9 Å². The maximum Gasteiger partial charge on any atom is 0.312 e. The van der Waals surface area contributed by atoms with Gasteiger partial charge < -0.3 is 16.0 Å². The highest BCUT2D eigenvalue weighted by Crippen LogP contribution is 2.18. The van der Waals surface area contributed by atoms with Gasteiger partial charge in [-0.2, -0.15) is 0 Å². The van der Waals surface area contributed by atoms with Gasteiger partial charge in [0.1, 0.15) is 0 Å². The van der Waals surface area contributed by atoms with E-state index in [1.807, 2.05) is 4.90 Å². The summed E-state index contributed by atoms with van der Waals surface area (Å²) in [6.07, 6.45) is 6.60. The van der Waals surface area contributed by atoms with E-state index in [-0.39, 0.29) is 11.9 Å². The fourth-order valence-corrected chi connectivity index (χ4v) is 3.26. The predicted octanol–water partition coefficient (Wildman–Crippen LogP) is 2.76. The van der Waals surface area contributed by atoms with Gasteiger partial charge in [-0.25, -0.2) is 4.79 Å². The molecule has 5 nitrogen and oxygen atoms in total. The number of hydrogen-bond donors (Lipinski definition) is 2. The molecule has 1 aromatic rings. The lowest BCUT2D eigenvalue weighted by atomic mass is 10.0. The summed E-state index contributed by atoms with van der Waals surface area (Å²) in [6.45, 7) is 3.34. The minimum absolute atomic E-state index is 0.0934. The average Bonchev–Trinajstić information content (AvgIpc) is 2.58. The van der Waals surface area contributed by atoms with Crippen LogP contribution in [0.2, 0.25) is 0 Å². The van der Waals surface area contributed by atoms with Crippen molar-refractivity contribution in [2.24, 2.45) is 5.73 Å². The van der Waals surface area contributed by atoms with Gasteiger partial charge in [0, 0.05) is 25.6 Å². The van der Waals surface area contributed by atoms with Crippen LogP contribution in [0.3, 0.4) is 0 Å². The number of nitrogens with two attached hydrogens (primary N) is 1. The largest absolute Gasteiger partial charge is 0.352 e. The van der Waals surface area contributed by atoms with Crippen molar-refractivity contribution in [3.8, 4) is 0 Å². The highest BCUT2D eigenvalue weighted by atomic mass is 16.2. The van der Waals surface area contributed by atoms with E-state index in [9.17, 15) is 9.59 Å². The first-order chi connectivity index (χ1) is 11.6. The van der Waals surface area contributed by atoms with E-state index in [1.54, 1.807) is 0 Å². The maximum atomic E-state index is 12.5. The van der Waals surface area contributed by atoms with Crippen LogP contribution in [0.4, 0.5) is 4.79 Å². The predicted molar refractivity (Wildman–Crippen MR) is 95.7 cm³/mol. The lowest BCUT2D eigenvalue weighted by Crippen LogP contribution is -2.50. The van der Waals surface area contributed by atoms with Gasteiger partial charge in [0.25, 0.3) is 0 Å². The van der Waals surface area contributed by atoms with Crippen LogP contribution in [0.15, 0.2) is 24.3 Å². The molecule has 3 amide bonds. The number of primary amides is 1. The Morgan fingerprint density at radius 1 is 1.21 bits per heavy atom. The summed E-state index contributed by atoms with van der Waals surface area (Å²) in [5, 5.41) is 2.64. The third kappa shape index (κ3) is 5.87. The number of unbranched alkanes of at least 4 members (excludes halogenated alkanes) is 1. The first kappa shape index (κ1) is 18.3. The van der Waals surface area contributed by atoms with E-state index in [0.717, 1.165) is 45.1 Å². The van der Waals surface area contributed by atoms with Crippen molar-refractivity contribution in [1.29, 1.82) is 0 Å². The molecule has 24 heavy (non-hydrogen) atoms. The normalized spacial score (nSPS) is 17.5. The van der Waals surface area contributed by atoms with Gasteiger partial charge in [-0.15, -0.1) is 0 Å². The highest BCUT2D eigenvalue weighted by molar-refractivity contribution is 5.77. The number of likely N-dealkylation sites (tertiary alicyclic amines) is 1. The molecular formula is C19H29N3O2. The van der Waals surface area contributed by atoms with Crippen molar-refractivity contribution in [3.05, 3.63) is 35.4 Å². The van der Waals surface area contributed by atoms with Crippen molar-refractivity contribution in [1.82, 2.24) is 10.2 Å². The fourth-order valence-electron chi connectivity index (χ4n) is 3.26. The Labute approximate surface area is 144 Å². The Morgan fingerprint density at radius 2 is 1.96 bits per heavy atom. The number of rotatable bonds is 7. The van der Waals surface area contributed by atoms with Crippen LogP contribution < -0.4 is 11.1 Å². The van der Waals surface area contributed by atoms with Gasteiger partial charge in [0.05, 0.1) is 0 Å². The molecule has 1 fully saturated rings. The van der Waals surface area contributed by atoms with Crippen LogP contribution in [0.25, 0.3) is 0 Å². The Bertz CT molecular complexity index is 542. The average molecular weight is 331 g/mol. The smallest absolute Gasteiger partial charge is 0.312 e. The number of benzene rings is 1. The van der Waals surface area contributed by atoms with Gasteiger partial charge in [-0.05, 0) is 51.0 Å². The first-order valence-electron chi connectivity index (χ1n) is 8.94. The molecule has 132 valence electrons. The summed E-state index contributed by atoms with van der Waals surface area (Å²) < 4.78 is 0. The zero-order valence-electron chi connectivity index (χ0n) is 14.6. The standard InChI is InChI=1S/C19H29N3O2/c1-15-9-11-16(12-10-15)6-2-3-8-18(23)22-13-5-4-7-17(22)14-21-19(20)24/h9-12,17H,2-8,13-14H2,1H3,(H3,20,21,24)/t17-/m1/s1. The molecule has 3 N–H and O–H groups in total. The van der Waals surface area contributed by atoms with E-state index >= 15 is 0 Å². The van der Waals surface area contributed by atoms with E-state index in [2.05, 4.69) is 36.5 Å². The summed E-state index contributed by atoms with van der Waals surface area (Å²) in [5.41, 5.74) is 7.74. The summed E-state index contributed by atoms with van der Waals surface area (Å²) in [5.74, 6) is 0.204. The minimum atomic E-state index is -0.522. The Morgan fingerprint density at radius 3 is 2.67 bits per heavy atom. The molecule has 0 aromatic heterocycles. The Kier molecular flexibility index (Phi) is 7.09. The van der Waals surface area contributed by atoms with Crippen LogP contribution in [0.5, 0.6) is 0 Å². The second kappa shape index (κ2) is 9.30. The van der Waals surface area contributed by atoms with Crippen molar-refractivity contribution in [2.45, 2.75) is 57.9 Å². The Balaban J connectivity index is 1.73. The van der Waals surface area contributed by atoms with Gasteiger partial charge in [0.2, 0.25) is 5.91 Å². The molecule has 0 spiro atoms. The van der Waals surface area contributed by atoms with Crippen LogP contribution in [0.1, 0.15) is 49.7 Å². The summed E-state index contributed by atoms with van der Waals surface area (Å²) >= 11 is 0. The van der Waals surface area contributed by atoms with Gasteiger partial charge in [0.15, 0.2) is 0 Å². The minimum Gasteiger partial charge on any atom is -0.352 e. The number of amides is 3. The number of nitrogens with zero attached hydrogens (tertiary/aromatic N) is 1. The zero-order valence-corrected chi connectivity index (χ0v) is 14.6. The van der Waals surface area contributed by atoms with Crippen molar-refractivity contribution in [3.63, 3.8) is 0 Å². The van der Waals surface area contributed by atoms with Gasteiger partial charge >= 0.3 is 6.03 Å². The summed E-state index contributed by atoms with van der Waals surface area (Å²) in [7, 11) is 0. The molecule has 1 aromatic carbocycles. The highest BCUT2D eigenvalue weighted by Gasteiger charge is 2.26. The van der Waals surface area contributed by atoms with Crippen molar-refractivity contribution in [2.75, 3.05) is 13.1 Å². The third-order valence-electron chi connectivity index (χ3n) is 4.69. The maximum absolute atomic E-state index is 12.5. The fraction of sp³-hybridized carbons (Fsp3) is 0.579. The number of nitrogens with one attached hydrogen (secondary N) is 1. The molecular weight excluding hydrogens is 302 g/mol. The monoisotopic (exact) mass is 331 g/mol. The van der Waals surface area contributed by atoms with Crippen LogP contribution in [-0.4, -0.2) is 36.0 Å². The lowest BCUT2D eigenvalue weighted by Gasteiger charge is -2.36. The quantitative estimate of drug-likeness (QED) is 0.754. The Hall–Kier alpha value is -2.04. The molecule has 2 rings (SSSR count). The SMILES string of the molecule is Cc1ccc(CCCCC(=O)N2CCCC[C@@H]2CNC(N)=O)cc1. The second-order valence-electron chi connectivity index (χ2n) is 6.67. The molecule has 5 heteroatoms. The van der Waals surface area contributed by atoms with E-state index in [1.165, 1.54) is 11.1 Å². The first-order valence-corrected chi connectivity index (χ1v) is 8.94. The summed E-state index contributed by atoms with van der Waals surface area (Å²) in [6, 6.07) is 8.15. The number of piperidine rings is 1. The van der Waals surface area contributed by atoms with Gasteiger partial charge in [-0.1, -0.05) is 29.8 Å². The molecule has 1 aliphatic heterocycles. The third-order valence-corrected chi connectivity index (χ3v) is 4.69. The topological polar surface area (TPSA) is 75.4 Å². The van der Waals surface area contributed by atoms with Crippen molar-refractivity contribution < 1.29 is 9.59 Å². The second-order valence-corrected chi connectivity index (χ2v) is 6.67. The van der Waals surface area contributed by atoms with Crippen LogP contribution in [0, 0.1) is 6.92 Å². The number of urea groups is 1. The van der Waals surface area contributed by atoms with Gasteiger partial charge in [-0.3, -0.25) is 4.79 Å². The van der Waals surface area contributed by atoms with E-state index < -0.39 is 6.03 Å². The summed E-state index contributed by atoms with van der Waals surface area (Å²) in [4.78, 5) is 25.3. The number of aryl methyl sites for hydroxylation is 2. The number of carbonyl (C=O) groups is 2. The molecule has 0 bridgehead atoms.